The predicted molar refractivity (Wildman–Crippen MR) is 283 cm³/mol. The molecule has 4 N–H and O–H groups in total. The Balaban J connectivity index is 0.819. The number of aryl methyl sites for hydroxylation is 2. The molecular formula is C56H54FN16O7+. The Bertz CT molecular complexity index is 3970. The van der Waals surface area contributed by atoms with Gasteiger partial charge in [-0.1, -0.05) is 75.7 Å². The SMILES string of the molecule is COc1c[n+](Cn2ccnc2C(O)(c2ccccc2)C2CCN(C(=O)C(=O)c3c[nH]c4c(-n5ccnn5)ncc(F)c34)CC2)c(-n2cnc(C)n2)c2[nH]cc(C(=O)C(=O)N3CCC(C(O)(c4ccccc4)c4nccn4C)CC3)c12. The number of methoxy groups -OCH3 is 1. The van der Waals surface area contributed by atoms with Crippen LogP contribution in [0.1, 0.15) is 75.0 Å². The van der Waals surface area contributed by atoms with Crippen molar-refractivity contribution in [1.82, 2.24) is 73.6 Å². The standard InChI is InChI=1S/C56H53FN16O7/c1-34-63-32-73(65-34)50-46-44(40(29-61-46)48(75)52(77)69-21-14-37(15-22-69)55(78,35-10-6-4-7-11-35)53-58-18-25-67(53)2)42(80-3)31-71(50)33-70-26-19-59-54(70)56(79,36-12-8-5-9-13-36)38-16-23-68(24-17-38)51(76)47(74)39-28-60-45-43(39)41(57)30-62-49(45)72-27-20-64-66-72/h4-13,18-20,25-32,37-38,78-79H,14-17,21-24,33H2,1-3H3,(H,60,62,74)/p+1. The number of carbonyl (C=O) groups excluding carboxylic acids is 4. The van der Waals surface area contributed by atoms with Crippen LogP contribution >= 0.6 is 0 Å². The maximum absolute atomic E-state index is 15.4. The van der Waals surface area contributed by atoms with Gasteiger partial charge in [0.05, 0.1) is 53.1 Å². The van der Waals surface area contributed by atoms with Crippen molar-refractivity contribution in [3.63, 3.8) is 0 Å². The minimum atomic E-state index is -1.74. The summed E-state index contributed by atoms with van der Waals surface area (Å²) in [5.74, 6) is -2.69. The van der Waals surface area contributed by atoms with Crippen molar-refractivity contribution in [3.8, 4) is 17.4 Å². The van der Waals surface area contributed by atoms with Crippen molar-refractivity contribution in [2.45, 2.75) is 50.5 Å². The van der Waals surface area contributed by atoms with Crippen LogP contribution in [0.3, 0.4) is 0 Å². The minimum Gasteiger partial charge on any atom is -0.492 e. The van der Waals surface area contributed by atoms with E-state index < -0.39 is 46.3 Å². The molecular weight excluding hydrogens is 1030 g/mol. The van der Waals surface area contributed by atoms with Crippen LogP contribution in [0.25, 0.3) is 33.4 Å². The number of H-pyrrole nitrogens is 2. The van der Waals surface area contributed by atoms with Crippen molar-refractivity contribution < 1.29 is 43.1 Å². The zero-order valence-corrected chi connectivity index (χ0v) is 43.7. The van der Waals surface area contributed by atoms with Gasteiger partial charge in [0.25, 0.3) is 23.4 Å². The van der Waals surface area contributed by atoms with Gasteiger partial charge in [0, 0.05) is 82.2 Å². The average Bonchev–Trinajstić information content (AvgIpc) is 4.49. The highest BCUT2D eigenvalue weighted by Gasteiger charge is 2.48. The molecule has 2 aromatic carbocycles. The fraction of sp³-hybridized carbons (Fsp3) is 0.286. The Morgan fingerprint density at radius 1 is 0.725 bits per heavy atom. The lowest BCUT2D eigenvalue weighted by molar-refractivity contribution is -0.695. The van der Waals surface area contributed by atoms with Crippen molar-refractivity contribution in [3.05, 3.63) is 175 Å². The first-order valence-electron chi connectivity index (χ1n) is 26.0. The van der Waals surface area contributed by atoms with Crippen molar-refractivity contribution in [1.29, 1.82) is 0 Å². The zero-order valence-electron chi connectivity index (χ0n) is 43.7. The second-order valence-electron chi connectivity index (χ2n) is 20.2. The molecule has 0 aliphatic carbocycles. The molecule has 2 atom stereocenters. The number of aromatic amines is 2. The van der Waals surface area contributed by atoms with E-state index in [1.54, 1.807) is 51.7 Å². The number of ketones is 2. The molecule has 10 aromatic rings. The van der Waals surface area contributed by atoms with Crippen LogP contribution in [0.2, 0.25) is 0 Å². The zero-order chi connectivity index (χ0) is 55.5. The highest BCUT2D eigenvalue weighted by atomic mass is 19.1. The number of carbonyl (C=O) groups is 4. The molecule has 2 saturated heterocycles. The Morgan fingerprint density at radius 2 is 1.30 bits per heavy atom. The number of aliphatic hydroxyl groups is 2. The summed E-state index contributed by atoms with van der Waals surface area (Å²) in [6.07, 6.45) is 18.0. The number of halogens is 1. The van der Waals surface area contributed by atoms with Gasteiger partial charge in [-0.15, -0.1) is 5.10 Å². The van der Waals surface area contributed by atoms with Gasteiger partial charge in [-0.25, -0.2) is 28.6 Å². The molecule has 8 aromatic heterocycles. The van der Waals surface area contributed by atoms with E-state index in [0.29, 0.717) is 52.3 Å². The fourth-order valence-corrected chi connectivity index (χ4v) is 11.8. The highest BCUT2D eigenvalue weighted by Crippen LogP contribution is 2.43. The number of rotatable bonds is 15. The molecule has 23 nitrogen and oxygen atoms in total. The second-order valence-corrected chi connectivity index (χ2v) is 20.2. The number of hydrogen-bond donors (Lipinski definition) is 4. The number of imidazole rings is 2. The van der Waals surface area contributed by atoms with Crippen LogP contribution < -0.4 is 9.30 Å². The van der Waals surface area contributed by atoms with Crippen molar-refractivity contribution >= 4 is 45.2 Å². The quantitative estimate of drug-likeness (QED) is 0.0640. The summed E-state index contributed by atoms with van der Waals surface area (Å²) in [6, 6.07) is 18.5. The third kappa shape index (κ3) is 8.50. The third-order valence-corrected chi connectivity index (χ3v) is 15.8. The highest BCUT2D eigenvalue weighted by molar-refractivity contribution is 6.45. The Hall–Kier alpha value is -9.55. The smallest absolute Gasteiger partial charge is 0.334 e. The van der Waals surface area contributed by atoms with E-state index in [1.165, 1.54) is 52.7 Å². The first-order valence-corrected chi connectivity index (χ1v) is 26.0. The summed E-state index contributed by atoms with van der Waals surface area (Å²) in [7, 11) is 3.30. The Kier molecular flexibility index (Phi) is 13.0. The number of ether oxygens (including phenoxy) is 1. The number of amides is 2. The van der Waals surface area contributed by atoms with Crippen LogP contribution in [-0.2, 0) is 34.5 Å². The molecule has 2 aliphatic rings. The Morgan fingerprint density at radius 3 is 1.85 bits per heavy atom. The maximum Gasteiger partial charge on any atom is 0.334 e. The van der Waals surface area contributed by atoms with Crippen molar-refractivity contribution in [2.24, 2.45) is 18.9 Å². The van der Waals surface area contributed by atoms with Gasteiger partial charge in [0.1, 0.15) is 23.4 Å². The minimum absolute atomic E-state index is 0.00988. The number of likely N-dealkylation sites (tertiary alicyclic amines) is 2. The molecule has 2 aliphatic heterocycles. The van der Waals surface area contributed by atoms with Gasteiger partial charge in [-0.05, 0) is 43.7 Å². The van der Waals surface area contributed by atoms with Crippen LogP contribution in [0, 0.1) is 24.6 Å². The number of benzene rings is 2. The van der Waals surface area contributed by atoms with Gasteiger partial charge in [0.15, 0.2) is 41.1 Å². The molecule has 0 saturated carbocycles. The number of aromatic nitrogens is 14. The number of hydrogen-bond acceptors (Lipinski definition) is 14. The molecule has 2 fully saturated rings. The van der Waals surface area contributed by atoms with Crippen molar-refractivity contribution in [2.75, 3.05) is 33.3 Å². The molecule has 0 bridgehead atoms. The van der Waals surface area contributed by atoms with E-state index in [0.717, 1.165) is 6.20 Å². The fourth-order valence-electron chi connectivity index (χ4n) is 11.8. The van der Waals surface area contributed by atoms with E-state index in [-0.39, 0.29) is 91.0 Å². The van der Waals surface area contributed by atoms with E-state index in [9.17, 15) is 29.4 Å². The molecule has 0 spiro atoms. The van der Waals surface area contributed by atoms with Crippen LogP contribution in [0.15, 0.2) is 129 Å². The van der Waals surface area contributed by atoms with E-state index in [4.69, 9.17) is 9.72 Å². The number of fused-ring (bicyclic) bond motifs is 2. The molecule has 0 radical (unpaired) electrons. The number of nitrogens with one attached hydrogen (secondary N) is 2. The van der Waals surface area contributed by atoms with Gasteiger partial charge in [0.2, 0.25) is 6.33 Å². The van der Waals surface area contributed by atoms with E-state index in [1.807, 2.05) is 72.3 Å². The summed E-state index contributed by atoms with van der Waals surface area (Å²) < 4.78 is 29.7. The summed E-state index contributed by atoms with van der Waals surface area (Å²) in [5.41, 5.74) is -1.43. The Labute approximate surface area is 454 Å². The van der Waals surface area contributed by atoms with E-state index in [2.05, 4.69) is 40.3 Å². The lowest BCUT2D eigenvalue weighted by Gasteiger charge is -2.41. The number of piperidine rings is 2. The first-order chi connectivity index (χ1) is 38.8. The normalized spacial score (nSPS) is 16.0. The average molecular weight is 1080 g/mol. The molecule has 24 heteroatoms. The summed E-state index contributed by atoms with van der Waals surface area (Å²) in [4.78, 5) is 83.7. The summed E-state index contributed by atoms with van der Waals surface area (Å²) in [5, 5.41) is 38.4. The lowest BCUT2D eigenvalue weighted by atomic mass is 9.75. The third-order valence-electron chi connectivity index (χ3n) is 15.8. The number of nitrogens with zero attached hydrogens (tertiary/aromatic N) is 14. The van der Waals surface area contributed by atoms with Gasteiger partial charge in [-0.2, -0.15) is 4.98 Å². The first kappa shape index (κ1) is 51.2. The molecule has 12 rings (SSSR count). The molecule has 10 heterocycles. The molecule has 2 unspecified atom stereocenters. The molecule has 80 heavy (non-hydrogen) atoms. The molecule has 406 valence electrons. The number of pyridine rings is 2. The summed E-state index contributed by atoms with van der Waals surface area (Å²) >= 11 is 0. The lowest BCUT2D eigenvalue weighted by Crippen LogP contribution is -2.49. The van der Waals surface area contributed by atoms with Crippen LogP contribution in [0.4, 0.5) is 4.39 Å². The second kappa shape index (κ2) is 20.4. The van der Waals surface area contributed by atoms with Crippen LogP contribution in [0.5, 0.6) is 5.75 Å². The number of Topliss-reactive ketones (excluding diaryl/α,β-unsaturated/α-hetero) is 2. The largest absolute Gasteiger partial charge is 0.492 e. The van der Waals surface area contributed by atoms with E-state index >= 15 is 4.39 Å². The van der Waals surface area contributed by atoms with Gasteiger partial charge >= 0.3 is 5.82 Å². The maximum atomic E-state index is 15.4. The molecule has 2 amide bonds. The van der Waals surface area contributed by atoms with Gasteiger partial charge in [-0.3, -0.25) is 23.7 Å². The van der Waals surface area contributed by atoms with Gasteiger partial charge < -0.3 is 39.3 Å². The topological polar surface area (TPSA) is 270 Å². The van der Waals surface area contributed by atoms with Crippen LogP contribution in [-0.4, -0.2) is 140 Å². The predicted octanol–water partition coefficient (Wildman–Crippen LogP) is 4.10. The summed E-state index contributed by atoms with van der Waals surface area (Å²) in [6.45, 7) is 2.38. The monoisotopic (exact) mass is 1080 g/mol.